The number of halogens is 1. The molecule has 0 bridgehead atoms. The third kappa shape index (κ3) is 6.33. The fourth-order valence-corrected chi connectivity index (χ4v) is 4.41. The van der Waals surface area contributed by atoms with Gasteiger partial charge in [-0.05, 0) is 56.4 Å². The number of hydrogen-bond donors (Lipinski definition) is 1. The molecule has 0 radical (unpaired) electrons. The van der Waals surface area contributed by atoms with E-state index in [1.807, 2.05) is 63.2 Å². The van der Waals surface area contributed by atoms with Crippen LogP contribution in [0.3, 0.4) is 0 Å². The highest BCUT2D eigenvalue weighted by atomic mass is 35.5. The first-order chi connectivity index (χ1) is 14.8. The molecule has 5 heteroatoms. The zero-order valence-corrected chi connectivity index (χ0v) is 19.5. The number of amides is 2. The first-order valence-electron chi connectivity index (χ1n) is 11.2. The number of aryl methyl sites for hydroxylation is 2. The minimum Gasteiger partial charge on any atom is -0.352 e. The van der Waals surface area contributed by atoms with Crippen molar-refractivity contribution in [3.63, 3.8) is 0 Å². The predicted octanol–water partition coefficient (Wildman–Crippen LogP) is 5.37. The monoisotopic (exact) mass is 440 g/mol. The summed E-state index contributed by atoms with van der Waals surface area (Å²) in [6.07, 6.45) is 5.81. The normalized spacial score (nSPS) is 15.4. The van der Waals surface area contributed by atoms with Crippen molar-refractivity contribution in [1.29, 1.82) is 0 Å². The van der Waals surface area contributed by atoms with E-state index in [4.69, 9.17) is 11.6 Å². The van der Waals surface area contributed by atoms with Crippen LogP contribution in [-0.2, 0) is 22.6 Å². The van der Waals surface area contributed by atoms with Crippen LogP contribution in [0.25, 0.3) is 0 Å². The Kier molecular flexibility index (Phi) is 8.14. The van der Waals surface area contributed by atoms with Gasteiger partial charge in [-0.1, -0.05) is 72.8 Å². The molecular weight excluding hydrogens is 408 g/mol. The summed E-state index contributed by atoms with van der Waals surface area (Å²) in [5.74, 6) is -0.159. The van der Waals surface area contributed by atoms with Crippen LogP contribution in [0.15, 0.2) is 42.5 Å². The molecule has 1 fully saturated rings. The van der Waals surface area contributed by atoms with Gasteiger partial charge in [0.2, 0.25) is 11.8 Å². The largest absolute Gasteiger partial charge is 0.352 e. The lowest BCUT2D eigenvalue weighted by molar-refractivity contribution is -0.140. The Balaban J connectivity index is 1.80. The molecule has 166 valence electrons. The second-order valence-electron chi connectivity index (χ2n) is 8.74. The van der Waals surface area contributed by atoms with Crippen molar-refractivity contribution < 1.29 is 9.59 Å². The van der Waals surface area contributed by atoms with E-state index in [0.29, 0.717) is 11.6 Å². The number of benzene rings is 2. The summed E-state index contributed by atoms with van der Waals surface area (Å²) in [4.78, 5) is 28.2. The quantitative estimate of drug-likeness (QED) is 0.629. The summed E-state index contributed by atoms with van der Waals surface area (Å²) in [7, 11) is 0. The number of nitrogens with one attached hydrogen (secondary N) is 1. The number of nitrogens with zero attached hydrogens (tertiary/aromatic N) is 1. The van der Waals surface area contributed by atoms with Crippen molar-refractivity contribution in [2.75, 3.05) is 0 Å². The average molecular weight is 441 g/mol. The highest BCUT2D eigenvalue weighted by Crippen LogP contribution is 2.22. The summed E-state index contributed by atoms with van der Waals surface area (Å²) in [6.45, 7) is 6.16. The van der Waals surface area contributed by atoms with E-state index in [2.05, 4.69) is 5.32 Å². The van der Waals surface area contributed by atoms with Gasteiger partial charge < -0.3 is 10.2 Å². The second kappa shape index (κ2) is 10.8. The molecule has 0 aromatic heterocycles. The topological polar surface area (TPSA) is 49.4 Å². The number of rotatable bonds is 7. The van der Waals surface area contributed by atoms with E-state index in [0.717, 1.165) is 47.9 Å². The van der Waals surface area contributed by atoms with Gasteiger partial charge in [0.1, 0.15) is 6.04 Å². The SMILES string of the molecule is Cc1ccc(C)c(CC(=O)N(Cc2ccccc2Cl)C(C)C(=O)NC2CCCCC2)c1. The molecule has 2 aromatic rings. The number of carbonyl (C=O) groups excluding carboxylic acids is 2. The summed E-state index contributed by atoms with van der Waals surface area (Å²) < 4.78 is 0. The van der Waals surface area contributed by atoms with Gasteiger partial charge in [0.25, 0.3) is 0 Å². The minimum atomic E-state index is -0.573. The average Bonchev–Trinajstić information content (AvgIpc) is 2.76. The summed E-state index contributed by atoms with van der Waals surface area (Å²) in [6, 6.07) is 13.3. The zero-order valence-electron chi connectivity index (χ0n) is 18.8. The molecule has 1 atom stereocenters. The molecule has 0 aliphatic heterocycles. The molecule has 1 aliphatic rings. The number of carbonyl (C=O) groups is 2. The highest BCUT2D eigenvalue weighted by molar-refractivity contribution is 6.31. The Labute approximate surface area is 191 Å². The Morgan fingerprint density at radius 1 is 1.06 bits per heavy atom. The van der Waals surface area contributed by atoms with E-state index in [-0.39, 0.29) is 24.3 Å². The van der Waals surface area contributed by atoms with E-state index >= 15 is 0 Å². The fraction of sp³-hybridized carbons (Fsp3) is 0.462. The Hall–Kier alpha value is -2.33. The van der Waals surface area contributed by atoms with Crippen molar-refractivity contribution in [2.45, 2.75) is 77.9 Å². The Morgan fingerprint density at radius 2 is 1.77 bits per heavy atom. The number of hydrogen-bond acceptors (Lipinski definition) is 2. The second-order valence-corrected chi connectivity index (χ2v) is 9.15. The molecule has 1 N–H and O–H groups in total. The summed E-state index contributed by atoms with van der Waals surface area (Å²) in [5.41, 5.74) is 4.04. The van der Waals surface area contributed by atoms with E-state index in [1.165, 1.54) is 6.42 Å². The van der Waals surface area contributed by atoms with Gasteiger partial charge in [0, 0.05) is 17.6 Å². The molecule has 4 nitrogen and oxygen atoms in total. The summed E-state index contributed by atoms with van der Waals surface area (Å²) in [5, 5.41) is 3.78. The van der Waals surface area contributed by atoms with E-state index < -0.39 is 6.04 Å². The Morgan fingerprint density at radius 3 is 2.48 bits per heavy atom. The van der Waals surface area contributed by atoms with Crippen LogP contribution in [0.5, 0.6) is 0 Å². The van der Waals surface area contributed by atoms with Crippen LogP contribution in [0.4, 0.5) is 0 Å². The molecule has 0 heterocycles. The Bertz CT molecular complexity index is 921. The lowest BCUT2D eigenvalue weighted by Gasteiger charge is -2.31. The third-order valence-corrected chi connectivity index (χ3v) is 6.63. The highest BCUT2D eigenvalue weighted by Gasteiger charge is 2.28. The maximum atomic E-state index is 13.4. The summed E-state index contributed by atoms with van der Waals surface area (Å²) >= 11 is 6.38. The van der Waals surface area contributed by atoms with E-state index in [9.17, 15) is 9.59 Å². The van der Waals surface area contributed by atoms with Crippen molar-refractivity contribution in [3.05, 3.63) is 69.7 Å². The molecule has 2 amide bonds. The van der Waals surface area contributed by atoms with Crippen molar-refractivity contribution in [2.24, 2.45) is 0 Å². The third-order valence-electron chi connectivity index (χ3n) is 6.26. The fourth-order valence-electron chi connectivity index (χ4n) is 4.22. The van der Waals surface area contributed by atoms with Crippen LogP contribution in [0, 0.1) is 13.8 Å². The first kappa shape index (κ1) is 23.3. The first-order valence-corrected chi connectivity index (χ1v) is 11.6. The van der Waals surface area contributed by atoms with Crippen molar-refractivity contribution in [1.82, 2.24) is 10.2 Å². The predicted molar refractivity (Wildman–Crippen MR) is 126 cm³/mol. The van der Waals surface area contributed by atoms with Gasteiger partial charge in [-0.25, -0.2) is 0 Å². The van der Waals surface area contributed by atoms with Crippen LogP contribution in [0.2, 0.25) is 5.02 Å². The van der Waals surface area contributed by atoms with Gasteiger partial charge in [-0.15, -0.1) is 0 Å². The molecule has 31 heavy (non-hydrogen) atoms. The zero-order chi connectivity index (χ0) is 22.4. The molecule has 1 saturated carbocycles. The molecular formula is C26H33ClN2O2. The van der Waals surface area contributed by atoms with Crippen LogP contribution >= 0.6 is 11.6 Å². The molecule has 1 aliphatic carbocycles. The molecule has 0 spiro atoms. The standard InChI is InChI=1S/C26H33ClN2O2/c1-18-13-14-19(2)22(15-18)16-25(30)29(17-21-9-7-8-12-24(21)27)20(3)26(31)28-23-10-5-4-6-11-23/h7-9,12-15,20,23H,4-6,10-11,16-17H2,1-3H3,(H,28,31). The van der Waals surface area contributed by atoms with Gasteiger partial charge in [-0.3, -0.25) is 9.59 Å². The van der Waals surface area contributed by atoms with Gasteiger partial charge in [0.15, 0.2) is 0 Å². The minimum absolute atomic E-state index is 0.0695. The van der Waals surface area contributed by atoms with Crippen LogP contribution in [-0.4, -0.2) is 28.8 Å². The maximum absolute atomic E-state index is 13.4. The molecule has 1 unspecified atom stereocenters. The molecule has 2 aromatic carbocycles. The van der Waals surface area contributed by atoms with Gasteiger partial charge in [0.05, 0.1) is 6.42 Å². The molecule has 0 saturated heterocycles. The molecule has 3 rings (SSSR count). The smallest absolute Gasteiger partial charge is 0.242 e. The van der Waals surface area contributed by atoms with E-state index in [1.54, 1.807) is 4.90 Å². The van der Waals surface area contributed by atoms with Gasteiger partial charge >= 0.3 is 0 Å². The lowest BCUT2D eigenvalue weighted by atomic mass is 9.95. The van der Waals surface area contributed by atoms with Crippen LogP contribution in [0.1, 0.15) is 61.3 Å². The lowest BCUT2D eigenvalue weighted by Crippen LogP contribution is -2.50. The van der Waals surface area contributed by atoms with Crippen molar-refractivity contribution in [3.8, 4) is 0 Å². The van der Waals surface area contributed by atoms with Gasteiger partial charge in [-0.2, -0.15) is 0 Å². The van der Waals surface area contributed by atoms with Crippen molar-refractivity contribution >= 4 is 23.4 Å². The van der Waals surface area contributed by atoms with Crippen LogP contribution < -0.4 is 5.32 Å². The maximum Gasteiger partial charge on any atom is 0.242 e.